The standard InChI is InChI=1S/C15H11ClO2/c16-14-8-4-2-6-12(14)10-9-11-5-1-3-7-13(11)15(17)18/h1-10H,(H,17,18)/b10-9+. The highest BCUT2D eigenvalue weighted by Crippen LogP contribution is 2.19. The number of aromatic carboxylic acids is 1. The molecule has 3 heteroatoms. The summed E-state index contributed by atoms with van der Waals surface area (Å²) in [6.45, 7) is 0. The van der Waals surface area contributed by atoms with E-state index in [1.807, 2.05) is 24.3 Å². The van der Waals surface area contributed by atoms with Gasteiger partial charge < -0.3 is 5.11 Å². The molecule has 1 N–H and O–H groups in total. The molecule has 0 bridgehead atoms. The molecule has 0 atom stereocenters. The number of hydrogen-bond acceptors (Lipinski definition) is 1. The summed E-state index contributed by atoms with van der Waals surface area (Å²) in [4.78, 5) is 11.0. The van der Waals surface area contributed by atoms with Crippen molar-refractivity contribution in [1.29, 1.82) is 0 Å². The normalized spacial score (nSPS) is 10.7. The first-order chi connectivity index (χ1) is 8.68. The highest BCUT2D eigenvalue weighted by Gasteiger charge is 2.05. The molecule has 0 unspecified atom stereocenters. The summed E-state index contributed by atoms with van der Waals surface area (Å²) in [5, 5.41) is 9.70. The average Bonchev–Trinajstić information content (AvgIpc) is 2.38. The first-order valence-corrected chi connectivity index (χ1v) is 5.81. The summed E-state index contributed by atoms with van der Waals surface area (Å²) >= 11 is 6.03. The molecule has 0 heterocycles. The van der Waals surface area contributed by atoms with Gasteiger partial charge in [0.25, 0.3) is 0 Å². The zero-order valence-electron chi connectivity index (χ0n) is 9.51. The van der Waals surface area contributed by atoms with E-state index in [0.29, 0.717) is 10.6 Å². The van der Waals surface area contributed by atoms with Gasteiger partial charge in [0.05, 0.1) is 5.56 Å². The van der Waals surface area contributed by atoms with Crippen molar-refractivity contribution in [3.05, 3.63) is 70.2 Å². The first kappa shape index (κ1) is 12.4. The predicted molar refractivity (Wildman–Crippen MR) is 73.8 cm³/mol. The van der Waals surface area contributed by atoms with Crippen molar-refractivity contribution in [2.45, 2.75) is 0 Å². The Hall–Kier alpha value is -2.06. The minimum atomic E-state index is -0.936. The third kappa shape index (κ3) is 2.79. The lowest BCUT2D eigenvalue weighted by Gasteiger charge is -2.01. The molecule has 2 rings (SSSR count). The molecule has 0 saturated carbocycles. The van der Waals surface area contributed by atoms with Crippen LogP contribution in [0.3, 0.4) is 0 Å². The summed E-state index contributed by atoms with van der Waals surface area (Å²) < 4.78 is 0. The third-order valence-electron chi connectivity index (χ3n) is 2.54. The molecule has 2 aromatic rings. The molecule has 0 aliphatic rings. The van der Waals surface area contributed by atoms with Crippen molar-refractivity contribution >= 4 is 29.7 Å². The molecule has 0 spiro atoms. The summed E-state index contributed by atoms with van der Waals surface area (Å²) in [5.74, 6) is -0.936. The molecular weight excluding hydrogens is 248 g/mol. The maximum atomic E-state index is 11.0. The quantitative estimate of drug-likeness (QED) is 0.838. The minimum Gasteiger partial charge on any atom is -0.478 e. The molecule has 0 saturated heterocycles. The van der Waals surface area contributed by atoms with Crippen LogP contribution in [-0.2, 0) is 0 Å². The lowest BCUT2D eigenvalue weighted by atomic mass is 10.1. The Morgan fingerprint density at radius 1 is 0.944 bits per heavy atom. The summed E-state index contributed by atoms with van der Waals surface area (Å²) in [6.07, 6.45) is 3.56. The van der Waals surface area contributed by atoms with E-state index in [1.165, 1.54) is 0 Å². The number of carbonyl (C=O) groups is 1. The first-order valence-electron chi connectivity index (χ1n) is 5.43. The molecular formula is C15H11ClO2. The van der Waals surface area contributed by atoms with Crippen molar-refractivity contribution in [2.75, 3.05) is 0 Å². The Balaban J connectivity index is 2.35. The Kier molecular flexibility index (Phi) is 3.80. The molecule has 0 aromatic heterocycles. The fraction of sp³-hybridized carbons (Fsp3) is 0. The van der Waals surface area contributed by atoms with Gasteiger partial charge in [-0.3, -0.25) is 0 Å². The maximum absolute atomic E-state index is 11.0. The van der Waals surface area contributed by atoms with E-state index in [0.717, 1.165) is 5.56 Å². The molecule has 18 heavy (non-hydrogen) atoms. The van der Waals surface area contributed by atoms with Crippen molar-refractivity contribution in [1.82, 2.24) is 0 Å². The highest BCUT2D eigenvalue weighted by molar-refractivity contribution is 6.32. The van der Waals surface area contributed by atoms with Crippen molar-refractivity contribution in [3.8, 4) is 0 Å². The lowest BCUT2D eigenvalue weighted by molar-refractivity contribution is 0.0696. The number of carboxylic acids is 1. The van der Waals surface area contributed by atoms with Gasteiger partial charge in [-0.25, -0.2) is 4.79 Å². The van der Waals surface area contributed by atoms with Crippen LogP contribution in [0.5, 0.6) is 0 Å². The molecule has 90 valence electrons. The van der Waals surface area contributed by atoms with Gasteiger partial charge in [0.15, 0.2) is 0 Å². The molecule has 0 fully saturated rings. The van der Waals surface area contributed by atoms with E-state index in [9.17, 15) is 4.79 Å². The Morgan fingerprint density at radius 3 is 2.17 bits per heavy atom. The minimum absolute atomic E-state index is 0.279. The third-order valence-corrected chi connectivity index (χ3v) is 2.88. The fourth-order valence-corrected chi connectivity index (χ4v) is 1.83. The van der Waals surface area contributed by atoms with Gasteiger partial charge in [-0.15, -0.1) is 0 Å². The SMILES string of the molecule is O=C(O)c1ccccc1/C=C/c1ccccc1Cl. The van der Waals surface area contributed by atoms with Gasteiger partial charge in [0.1, 0.15) is 0 Å². The van der Waals surface area contributed by atoms with E-state index < -0.39 is 5.97 Å². The zero-order chi connectivity index (χ0) is 13.0. The fourth-order valence-electron chi connectivity index (χ4n) is 1.63. The van der Waals surface area contributed by atoms with E-state index in [1.54, 1.807) is 36.4 Å². The number of rotatable bonds is 3. The van der Waals surface area contributed by atoms with Crippen molar-refractivity contribution < 1.29 is 9.90 Å². The van der Waals surface area contributed by atoms with Crippen LogP contribution in [0.4, 0.5) is 0 Å². The number of hydrogen-bond donors (Lipinski definition) is 1. The predicted octanol–water partition coefficient (Wildman–Crippen LogP) is 4.21. The van der Waals surface area contributed by atoms with Crippen LogP contribution >= 0.6 is 11.6 Å². The molecule has 0 aliphatic carbocycles. The monoisotopic (exact) mass is 258 g/mol. The van der Waals surface area contributed by atoms with Gasteiger partial charge in [0, 0.05) is 5.02 Å². The Labute approximate surface area is 110 Å². The van der Waals surface area contributed by atoms with Crippen LogP contribution in [0.1, 0.15) is 21.5 Å². The van der Waals surface area contributed by atoms with E-state index in [2.05, 4.69) is 0 Å². The smallest absolute Gasteiger partial charge is 0.336 e. The van der Waals surface area contributed by atoms with Crippen molar-refractivity contribution in [3.63, 3.8) is 0 Å². The second-order valence-corrected chi connectivity index (χ2v) is 4.15. The van der Waals surface area contributed by atoms with Crippen LogP contribution in [0, 0.1) is 0 Å². The second-order valence-electron chi connectivity index (χ2n) is 3.75. The van der Waals surface area contributed by atoms with Gasteiger partial charge in [-0.05, 0) is 23.3 Å². The number of halogens is 1. The molecule has 0 amide bonds. The summed E-state index contributed by atoms with van der Waals surface area (Å²) in [6, 6.07) is 14.3. The second kappa shape index (κ2) is 5.52. The summed E-state index contributed by atoms with van der Waals surface area (Å²) in [7, 11) is 0. The average molecular weight is 259 g/mol. The van der Waals surface area contributed by atoms with Gasteiger partial charge in [0.2, 0.25) is 0 Å². The van der Waals surface area contributed by atoms with Crippen LogP contribution in [-0.4, -0.2) is 11.1 Å². The highest BCUT2D eigenvalue weighted by atomic mass is 35.5. The maximum Gasteiger partial charge on any atom is 0.336 e. The van der Waals surface area contributed by atoms with E-state index >= 15 is 0 Å². The molecule has 2 nitrogen and oxygen atoms in total. The lowest BCUT2D eigenvalue weighted by Crippen LogP contribution is -1.98. The Bertz CT molecular complexity index is 603. The molecule has 0 aliphatic heterocycles. The summed E-state index contributed by atoms with van der Waals surface area (Å²) in [5.41, 5.74) is 1.80. The largest absolute Gasteiger partial charge is 0.478 e. The zero-order valence-corrected chi connectivity index (χ0v) is 10.3. The molecule has 0 radical (unpaired) electrons. The Morgan fingerprint density at radius 2 is 1.50 bits per heavy atom. The van der Waals surface area contributed by atoms with Crippen molar-refractivity contribution in [2.24, 2.45) is 0 Å². The number of benzene rings is 2. The van der Waals surface area contributed by atoms with Crippen LogP contribution in [0.15, 0.2) is 48.5 Å². The van der Waals surface area contributed by atoms with Crippen LogP contribution in [0.25, 0.3) is 12.2 Å². The van der Waals surface area contributed by atoms with E-state index in [4.69, 9.17) is 16.7 Å². The van der Waals surface area contributed by atoms with E-state index in [-0.39, 0.29) is 5.56 Å². The van der Waals surface area contributed by atoms with Crippen LogP contribution < -0.4 is 0 Å². The van der Waals surface area contributed by atoms with Gasteiger partial charge in [-0.1, -0.05) is 60.2 Å². The molecule has 2 aromatic carbocycles. The topological polar surface area (TPSA) is 37.3 Å². The van der Waals surface area contributed by atoms with Gasteiger partial charge >= 0.3 is 5.97 Å². The van der Waals surface area contributed by atoms with Gasteiger partial charge in [-0.2, -0.15) is 0 Å². The van der Waals surface area contributed by atoms with Crippen LogP contribution in [0.2, 0.25) is 5.02 Å². The number of carboxylic acid groups (broad SMARTS) is 1.